The van der Waals surface area contributed by atoms with E-state index in [-0.39, 0.29) is 17.9 Å². The molecule has 2 atom stereocenters. The number of halogens is 1. The van der Waals surface area contributed by atoms with E-state index in [0.717, 1.165) is 29.7 Å². The Balaban J connectivity index is 1.89. The van der Waals surface area contributed by atoms with Crippen LogP contribution in [0.1, 0.15) is 42.4 Å². The largest absolute Gasteiger partial charge is 0.354 e. The molecule has 0 fully saturated rings. The molecule has 0 saturated carbocycles. The quantitative estimate of drug-likeness (QED) is 0.761. The average Bonchev–Trinajstić information content (AvgIpc) is 2.56. The third-order valence-corrected chi connectivity index (χ3v) is 4.78. The zero-order valence-electron chi connectivity index (χ0n) is 14.6. The lowest BCUT2D eigenvalue weighted by atomic mass is 9.78. The van der Waals surface area contributed by atoms with Gasteiger partial charge in [0.15, 0.2) is 0 Å². The van der Waals surface area contributed by atoms with Crippen LogP contribution < -0.4 is 5.32 Å². The van der Waals surface area contributed by atoms with E-state index in [2.05, 4.69) is 42.4 Å². The molecule has 4 heteroatoms. The van der Waals surface area contributed by atoms with Crippen molar-refractivity contribution in [1.82, 2.24) is 5.32 Å². The van der Waals surface area contributed by atoms with Crippen LogP contribution in [0.15, 0.2) is 53.5 Å². The van der Waals surface area contributed by atoms with Crippen LogP contribution >= 0.6 is 11.6 Å². The van der Waals surface area contributed by atoms with E-state index in [1.165, 1.54) is 5.56 Å². The Labute approximate surface area is 154 Å². The van der Waals surface area contributed by atoms with Gasteiger partial charge in [0.2, 0.25) is 5.91 Å². The van der Waals surface area contributed by atoms with Crippen LogP contribution in [0.3, 0.4) is 0 Å². The first-order valence-corrected chi connectivity index (χ1v) is 9.16. The van der Waals surface area contributed by atoms with E-state index in [9.17, 15) is 4.79 Å². The van der Waals surface area contributed by atoms with Crippen molar-refractivity contribution in [2.75, 3.05) is 6.54 Å². The number of amides is 1. The van der Waals surface area contributed by atoms with Crippen LogP contribution in [-0.2, 0) is 4.79 Å². The highest BCUT2D eigenvalue weighted by Crippen LogP contribution is 2.36. The maximum atomic E-state index is 12.6. The Morgan fingerprint density at radius 3 is 2.64 bits per heavy atom. The smallest absolute Gasteiger partial charge is 0.245 e. The number of hydrogen-bond acceptors (Lipinski definition) is 2. The molecule has 0 aromatic heterocycles. The third-order valence-electron chi connectivity index (χ3n) is 4.53. The molecule has 1 N–H and O–H groups in total. The first-order chi connectivity index (χ1) is 12.1. The van der Waals surface area contributed by atoms with Gasteiger partial charge in [0.1, 0.15) is 6.04 Å². The number of benzene rings is 2. The van der Waals surface area contributed by atoms with Gasteiger partial charge in [-0.05, 0) is 36.6 Å². The molecule has 3 rings (SSSR count). The number of rotatable bonds is 6. The fourth-order valence-corrected chi connectivity index (χ4v) is 3.27. The fourth-order valence-electron chi connectivity index (χ4n) is 3.14. The Morgan fingerprint density at radius 2 is 1.96 bits per heavy atom. The van der Waals surface area contributed by atoms with Gasteiger partial charge in [0.25, 0.3) is 0 Å². The lowest BCUT2D eigenvalue weighted by molar-refractivity contribution is -0.122. The topological polar surface area (TPSA) is 41.5 Å². The van der Waals surface area contributed by atoms with Crippen LogP contribution in [-0.4, -0.2) is 24.2 Å². The van der Waals surface area contributed by atoms with Crippen molar-refractivity contribution >= 4 is 23.2 Å². The van der Waals surface area contributed by atoms with Gasteiger partial charge in [-0.2, -0.15) is 0 Å². The van der Waals surface area contributed by atoms with Crippen LogP contribution in [0, 0.1) is 6.92 Å². The lowest BCUT2D eigenvalue weighted by Gasteiger charge is -2.34. The molecular weight excluding hydrogens is 332 g/mol. The van der Waals surface area contributed by atoms with Crippen molar-refractivity contribution in [1.29, 1.82) is 0 Å². The van der Waals surface area contributed by atoms with Crippen molar-refractivity contribution in [2.24, 2.45) is 4.99 Å². The third kappa shape index (κ3) is 3.93. The number of aryl methyl sites for hydroxylation is 1. The second-order valence-corrected chi connectivity index (χ2v) is 6.94. The van der Waals surface area contributed by atoms with E-state index in [1.54, 1.807) is 0 Å². The highest BCUT2D eigenvalue weighted by molar-refractivity contribution is 6.30. The summed E-state index contributed by atoms with van der Waals surface area (Å²) in [7, 11) is 0. The molecule has 2 aromatic carbocycles. The number of carbonyl (C=O) groups excluding carboxylic acids is 1. The van der Waals surface area contributed by atoms with Crippen molar-refractivity contribution in [3.8, 4) is 0 Å². The summed E-state index contributed by atoms with van der Waals surface area (Å²) in [6.07, 6.45) is 2.04. The number of hydrogen-bond donors (Lipinski definition) is 1. The van der Waals surface area contributed by atoms with Crippen LogP contribution in [0.5, 0.6) is 0 Å². The van der Waals surface area contributed by atoms with Crippen molar-refractivity contribution in [3.05, 3.63) is 70.2 Å². The van der Waals surface area contributed by atoms with Crippen molar-refractivity contribution < 1.29 is 4.79 Å². The van der Waals surface area contributed by atoms with Crippen molar-refractivity contribution in [2.45, 2.75) is 38.6 Å². The monoisotopic (exact) mass is 354 g/mol. The van der Waals surface area contributed by atoms with E-state index in [0.29, 0.717) is 11.6 Å². The summed E-state index contributed by atoms with van der Waals surface area (Å²) < 4.78 is 0. The number of carbonyl (C=O) groups is 1. The number of unbranched alkanes of at least 4 members (excludes halogenated alkanes) is 1. The highest BCUT2D eigenvalue weighted by atomic mass is 35.5. The zero-order chi connectivity index (χ0) is 17.8. The SMILES string of the molecule is CCCCNC(=O)C1N=C(c2cccc(C)c2)C1c1ccc(Cl)cc1. The Morgan fingerprint density at radius 1 is 1.20 bits per heavy atom. The van der Waals surface area contributed by atoms with Gasteiger partial charge in [-0.3, -0.25) is 9.79 Å². The van der Waals surface area contributed by atoms with Crippen LogP contribution in [0.4, 0.5) is 0 Å². The van der Waals surface area contributed by atoms with Crippen molar-refractivity contribution in [3.63, 3.8) is 0 Å². The second-order valence-electron chi connectivity index (χ2n) is 6.50. The molecule has 0 saturated heterocycles. The minimum atomic E-state index is -0.367. The first-order valence-electron chi connectivity index (χ1n) is 8.78. The molecule has 0 bridgehead atoms. The second kappa shape index (κ2) is 7.83. The molecular formula is C21H23ClN2O. The van der Waals surface area contributed by atoms with Gasteiger partial charge < -0.3 is 5.32 Å². The minimum Gasteiger partial charge on any atom is -0.354 e. The Kier molecular flexibility index (Phi) is 5.54. The Hall–Kier alpha value is -2.13. The summed E-state index contributed by atoms with van der Waals surface area (Å²) in [6.45, 7) is 4.88. The molecule has 0 spiro atoms. The molecule has 2 aromatic rings. The van der Waals surface area contributed by atoms with Gasteiger partial charge in [-0.1, -0.05) is 66.9 Å². The molecule has 0 aliphatic carbocycles. The molecule has 2 unspecified atom stereocenters. The molecule has 1 aliphatic rings. The molecule has 3 nitrogen and oxygen atoms in total. The molecule has 25 heavy (non-hydrogen) atoms. The normalized spacial score (nSPS) is 19.1. The molecule has 1 amide bonds. The summed E-state index contributed by atoms with van der Waals surface area (Å²) in [4.78, 5) is 17.2. The van der Waals surface area contributed by atoms with Gasteiger partial charge in [0, 0.05) is 11.6 Å². The molecule has 1 heterocycles. The van der Waals surface area contributed by atoms with E-state index in [4.69, 9.17) is 11.6 Å². The fraction of sp³-hybridized carbons (Fsp3) is 0.333. The maximum absolute atomic E-state index is 12.6. The standard InChI is InChI=1S/C21H23ClN2O/c1-3-4-12-23-21(25)20-18(15-8-10-17(22)11-9-15)19(24-20)16-7-5-6-14(2)13-16/h5-11,13,18,20H,3-4,12H2,1-2H3,(H,23,25). The summed E-state index contributed by atoms with van der Waals surface area (Å²) >= 11 is 6.03. The average molecular weight is 355 g/mol. The highest BCUT2D eigenvalue weighted by Gasteiger charge is 2.41. The van der Waals surface area contributed by atoms with Gasteiger partial charge in [-0.25, -0.2) is 0 Å². The number of aliphatic imine (C=N–C) groups is 1. The maximum Gasteiger partial charge on any atom is 0.245 e. The molecule has 130 valence electrons. The minimum absolute atomic E-state index is 0.00445. The van der Waals surface area contributed by atoms with Crippen LogP contribution in [0.2, 0.25) is 5.02 Å². The lowest BCUT2D eigenvalue weighted by Crippen LogP contribution is -2.47. The number of nitrogens with zero attached hydrogens (tertiary/aromatic N) is 1. The summed E-state index contributed by atoms with van der Waals surface area (Å²) in [5.41, 5.74) is 4.32. The Bertz CT molecular complexity index is 783. The van der Waals surface area contributed by atoms with Crippen LogP contribution in [0.25, 0.3) is 0 Å². The van der Waals surface area contributed by atoms with Gasteiger partial charge in [-0.15, -0.1) is 0 Å². The predicted molar refractivity (Wildman–Crippen MR) is 104 cm³/mol. The summed E-state index contributed by atoms with van der Waals surface area (Å²) in [5, 5.41) is 3.70. The van der Waals surface area contributed by atoms with Gasteiger partial charge in [0.05, 0.1) is 11.6 Å². The summed E-state index contributed by atoms with van der Waals surface area (Å²) in [6, 6.07) is 15.6. The molecule has 1 aliphatic heterocycles. The predicted octanol–water partition coefficient (Wildman–Crippen LogP) is 4.52. The zero-order valence-corrected chi connectivity index (χ0v) is 15.4. The van der Waals surface area contributed by atoms with E-state index >= 15 is 0 Å². The summed E-state index contributed by atoms with van der Waals surface area (Å²) in [5.74, 6) is -0.0227. The van der Waals surface area contributed by atoms with E-state index in [1.807, 2.05) is 30.3 Å². The first kappa shape index (κ1) is 17.7. The molecule has 0 radical (unpaired) electrons. The van der Waals surface area contributed by atoms with Gasteiger partial charge >= 0.3 is 0 Å². The van der Waals surface area contributed by atoms with E-state index < -0.39 is 0 Å². The number of nitrogens with one attached hydrogen (secondary N) is 1.